The molecule has 0 atom stereocenters. The molecule has 4 nitrogen and oxygen atoms in total. The molecule has 0 aromatic carbocycles. The third-order valence-corrected chi connectivity index (χ3v) is 3.06. The van der Waals surface area contributed by atoms with Gasteiger partial charge in [-0.05, 0) is 25.2 Å². The molecule has 0 bridgehead atoms. The molecule has 92 valence electrons. The molecule has 0 amide bonds. The molecule has 1 heterocycles. The average Bonchev–Trinajstić information content (AvgIpc) is 3.11. The van der Waals surface area contributed by atoms with E-state index in [1.807, 2.05) is 0 Å². The molecule has 17 heavy (non-hydrogen) atoms. The molecule has 0 spiro atoms. The summed E-state index contributed by atoms with van der Waals surface area (Å²) in [5, 5.41) is 7.48. The van der Waals surface area contributed by atoms with Crippen LogP contribution in [0.3, 0.4) is 0 Å². The number of nitrogens with one attached hydrogen (secondary N) is 1. The van der Waals surface area contributed by atoms with E-state index in [1.165, 1.54) is 23.7 Å². The molecule has 0 unspecified atom stereocenters. The molecule has 1 saturated carbocycles. The standard InChI is InChI=1S/C12H16ClN3O/c1-2-3-6-14-11-10(13)7-15-16(12(11)17)8-9-4-5-9/h2,7,9,14H,1,3-6,8H2. The van der Waals surface area contributed by atoms with E-state index in [0.29, 0.717) is 29.7 Å². The number of anilines is 1. The van der Waals surface area contributed by atoms with E-state index in [0.717, 1.165) is 6.42 Å². The van der Waals surface area contributed by atoms with Crippen molar-refractivity contribution in [1.82, 2.24) is 9.78 Å². The summed E-state index contributed by atoms with van der Waals surface area (Å²) >= 11 is 5.97. The van der Waals surface area contributed by atoms with Crippen LogP contribution < -0.4 is 10.9 Å². The number of rotatable bonds is 6. The molecule has 1 N–H and O–H groups in total. The van der Waals surface area contributed by atoms with Crippen molar-refractivity contribution in [3.63, 3.8) is 0 Å². The first-order valence-corrected chi connectivity index (χ1v) is 6.20. The SMILES string of the molecule is C=CCCNc1c(Cl)cnn(CC2CC2)c1=O. The van der Waals surface area contributed by atoms with Crippen LogP contribution in [0.1, 0.15) is 19.3 Å². The van der Waals surface area contributed by atoms with Crippen molar-refractivity contribution in [2.24, 2.45) is 5.92 Å². The van der Waals surface area contributed by atoms with Gasteiger partial charge < -0.3 is 5.32 Å². The first kappa shape index (κ1) is 12.2. The lowest BCUT2D eigenvalue weighted by atomic mass is 10.3. The number of nitrogens with zero attached hydrogens (tertiary/aromatic N) is 2. The molecule has 1 aromatic heterocycles. The molecular formula is C12H16ClN3O. The smallest absolute Gasteiger partial charge is 0.291 e. The van der Waals surface area contributed by atoms with Gasteiger partial charge in [0.25, 0.3) is 5.56 Å². The molecule has 2 rings (SSSR count). The summed E-state index contributed by atoms with van der Waals surface area (Å²) in [7, 11) is 0. The van der Waals surface area contributed by atoms with Crippen LogP contribution in [-0.4, -0.2) is 16.3 Å². The van der Waals surface area contributed by atoms with Gasteiger partial charge in [-0.15, -0.1) is 6.58 Å². The van der Waals surface area contributed by atoms with Crippen molar-refractivity contribution in [2.45, 2.75) is 25.8 Å². The van der Waals surface area contributed by atoms with Crippen molar-refractivity contribution < 1.29 is 0 Å². The van der Waals surface area contributed by atoms with Gasteiger partial charge in [-0.1, -0.05) is 17.7 Å². The van der Waals surface area contributed by atoms with E-state index < -0.39 is 0 Å². The minimum Gasteiger partial charge on any atom is -0.379 e. The fourth-order valence-electron chi connectivity index (χ4n) is 1.60. The average molecular weight is 254 g/mol. The topological polar surface area (TPSA) is 46.9 Å². The van der Waals surface area contributed by atoms with E-state index in [9.17, 15) is 4.79 Å². The summed E-state index contributed by atoms with van der Waals surface area (Å²) in [5.74, 6) is 0.613. The normalized spacial score (nSPS) is 14.6. The van der Waals surface area contributed by atoms with Crippen molar-refractivity contribution in [1.29, 1.82) is 0 Å². The highest BCUT2D eigenvalue weighted by Crippen LogP contribution is 2.30. The second kappa shape index (κ2) is 5.36. The number of halogens is 1. The molecule has 1 fully saturated rings. The fourth-order valence-corrected chi connectivity index (χ4v) is 1.79. The third-order valence-electron chi connectivity index (χ3n) is 2.78. The van der Waals surface area contributed by atoms with Gasteiger partial charge in [0.1, 0.15) is 5.69 Å². The quantitative estimate of drug-likeness (QED) is 0.625. The molecule has 1 aliphatic carbocycles. The molecule has 5 heteroatoms. The van der Waals surface area contributed by atoms with Crippen LogP contribution in [0.15, 0.2) is 23.6 Å². The lowest BCUT2D eigenvalue weighted by molar-refractivity contribution is 0.534. The first-order valence-electron chi connectivity index (χ1n) is 5.82. The second-order valence-electron chi connectivity index (χ2n) is 4.30. The summed E-state index contributed by atoms with van der Waals surface area (Å²) < 4.78 is 1.50. The maximum absolute atomic E-state index is 12.1. The van der Waals surface area contributed by atoms with Gasteiger partial charge in [-0.3, -0.25) is 4.79 Å². The van der Waals surface area contributed by atoms with Crippen LogP contribution >= 0.6 is 11.6 Å². The Morgan fingerprint density at radius 1 is 1.65 bits per heavy atom. The Morgan fingerprint density at radius 2 is 2.41 bits per heavy atom. The highest BCUT2D eigenvalue weighted by atomic mass is 35.5. The Balaban J connectivity index is 2.16. The Hall–Kier alpha value is -1.29. The van der Waals surface area contributed by atoms with Gasteiger partial charge in [0, 0.05) is 13.1 Å². The van der Waals surface area contributed by atoms with Crippen LogP contribution in [-0.2, 0) is 6.54 Å². The Labute approximate surface area is 105 Å². The van der Waals surface area contributed by atoms with Gasteiger partial charge in [0.15, 0.2) is 0 Å². The first-order chi connectivity index (χ1) is 8.22. The van der Waals surface area contributed by atoms with E-state index in [4.69, 9.17) is 11.6 Å². The van der Waals surface area contributed by atoms with E-state index in [2.05, 4.69) is 17.0 Å². The predicted octanol–water partition coefficient (Wildman–Crippen LogP) is 2.29. The maximum atomic E-state index is 12.1. The van der Waals surface area contributed by atoms with Gasteiger partial charge in [0.05, 0.1) is 11.2 Å². The van der Waals surface area contributed by atoms with Crippen LogP contribution in [0, 0.1) is 5.92 Å². The summed E-state index contributed by atoms with van der Waals surface area (Å²) in [4.78, 5) is 12.1. The molecule has 0 radical (unpaired) electrons. The van der Waals surface area contributed by atoms with Crippen LogP contribution in [0.4, 0.5) is 5.69 Å². The Morgan fingerprint density at radius 3 is 3.06 bits per heavy atom. The molecule has 0 saturated heterocycles. The van der Waals surface area contributed by atoms with E-state index in [-0.39, 0.29) is 5.56 Å². The van der Waals surface area contributed by atoms with Crippen molar-refractivity contribution in [3.05, 3.63) is 34.2 Å². The summed E-state index contributed by atoms with van der Waals surface area (Å²) in [6, 6.07) is 0. The van der Waals surface area contributed by atoms with E-state index >= 15 is 0 Å². The Bertz CT molecular complexity index is 465. The highest BCUT2D eigenvalue weighted by molar-refractivity contribution is 6.32. The van der Waals surface area contributed by atoms with Gasteiger partial charge in [-0.2, -0.15) is 5.10 Å². The third kappa shape index (κ3) is 3.09. The lowest BCUT2D eigenvalue weighted by Gasteiger charge is -2.09. The molecule has 1 aromatic rings. The van der Waals surface area contributed by atoms with Crippen LogP contribution in [0.2, 0.25) is 5.02 Å². The fraction of sp³-hybridized carbons (Fsp3) is 0.500. The van der Waals surface area contributed by atoms with Gasteiger partial charge >= 0.3 is 0 Å². The van der Waals surface area contributed by atoms with Gasteiger partial charge in [-0.25, -0.2) is 4.68 Å². The monoisotopic (exact) mass is 253 g/mol. The predicted molar refractivity (Wildman–Crippen MR) is 69.5 cm³/mol. The zero-order chi connectivity index (χ0) is 12.3. The molecule has 0 aliphatic heterocycles. The largest absolute Gasteiger partial charge is 0.379 e. The number of hydrogen-bond acceptors (Lipinski definition) is 3. The lowest BCUT2D eigenvalue weighted by Crippen LogP contribution is -2.27. The zero-order valence-electron chi connectivity index (χ0n) is 9.66. The number of hydrogen-bond donors (Lipinski definition) is 1. The van der Waals surface area contributed by atoms with Crippen molar-refractivity contribution >= 4 is 17.3 Å². The molecular weight excluding hydrogens is 238 g/mol. The van der Waals surface area contributed by atoms with Crippen molar-refractivity contribution in [3.8, 4) is 0 Å². The summed E-state index contributed by atoms with van der Waals surface area (Å²) in [6.45, 7) is 4.99. The van der Waals surface area contributed by atoms with Crippen LogP contribution in [0.25, 0.3) is 0 Å². The van der Waals surface area contributed by atoms with E-state index in [1.54, 1.807) is 6.08 Å². The zero-order valence-corrected chi connectivity index (χ0v) is 10.4. The highest BCUT2D eigenvalue weighted by Gasteiger charge is 2.23. The number of aromatic nitrogens is 2. The molecule has 1 aliphatic rings. The minimum absolute atomic E-state index is 0.131. The summed E-state index contributed by atoms with van der Waals surface area (Å²) in [6.07, 6.45) is 6.50. The second-order valence-corrected chi connectivity index (χ2v) is 4.71. The Kier molecular flexibility index (Phi) is 3.84. The van der Waals surface area contributed by atoms with Gasteiger partial charge in [0.2, 0.25) is 0 Å². The van der Waals surface area contributed by atoms with Crippen LogP contribution in [0.5, 0.6) is 0 Å². The maximum Gasteiger partial charge on any atom is 0.291 e. The van der Waals surface area contributed by atoms with Crippen molar-refractivity contribution in [2.75, 3.05) is 11.9 Å². The summed E-state index contributed by atoms with van der Waals surface area (Å²) in [5.41, 5.74) is 0.317. The minimum atomic E-state index is -0.131.